The van der Waals surface area contributed by atoms with E-state index in [-0.39, 0.29) is 21.9 Å². The standard InChI is InChI=1S/C27H33N3O4S/c1-19-13-15-30(16-14-19)35(33,34)22-11-12-25-23(17-22)26(31)24(18-29(25)3)27(32)28-20(2)9-10-21-7-5-4-6-8-21/h4-8,11-12,17-20H,9-10,13-16H2,1-3H3,(H,28,32)/t20-/m1/s1. The molecule has 186 valence electrons. The lowest BCUT2D eigenvalue weighted by Gasteiger charge is -2.29. The maximum absolute atomic E-state index is 13.3. The summed E-state index contributed by atoms with van der Waals surface area (Å²) in [6, 6.07) is 14.5. The summed E-state index contributed by atoms with van der Waals surface area (Å²) < 4.78 is 29.6. The highest BCUT2D eigenvalue weighted by molar-refractivity contribution is 7.89. The number of benzene rings is 2. The summed E-state index contributed by atoms with van der Waals surface area (Å²) in [5.41, 5.74) is 1.31. The zero-order valence-corrected chi connectivity index (χ0v) is 21.3. The van der Waals surface area contributed by atoms with Gasteiger partial charge >= 0.3 is 0 Å². The summed E-state index contributed by atoms with van der Waals surface area (Å²) in [6.07, 6.45) is 4.71. The van der Waals surface area contributed by atoms with Crippen molar-refractivity contribution in [1.82, 2.24) is 14.2 Å². The zero-order chi connectivity index (χ0) is 25.2. The number of piperidine rings is 1. The first kappa shape index (κ1) is 25.1. The molecule has 3 aromatic rings. The van der Waals surface area contributed by atoms with Crippen LogP contribution in [0.3, 0.4) is 0 Å². The van der Waals surface area contributed by atoms with Crippen molar-refractivity contribution < 1.29 is 13.2 Å². The molecule has 1 amide bonds. The van der Waals surface area contributed by atoms with Crippen molar-refractivity contribution in [3.05, 3.63) is 76.1 Å². The summed E-state index contributed by atoms with van der Waals surface area (Å²) in [4.78, 5) is 26.4. The van der Waals surface area contributed by atoms with Crippen LogP contribution in [-0.2, 0) is 23.5 Å². The fourth-order valence-corrected chi connectivity index (χ4v) is 6.07. The van der Waals surface area contributed by atoms with Gasteiger partial charge in [0.2, 0.25) is 15.5 Å². The van der Waals surface area contributed by atoms with Crippen LogP contribution in [0.1, 0.15) is 49.0 Å². The van der Waals surface area contributed by atoms with Gasteiger partial charge in [-0.25, -0.2) is 8.42 Å². The molecule has 2 heterocycles. The van der Waals surface area contributed by atoms with Gasteiger partial charge in [-0.05, 0) is 62.3 Å². The number of fused-ring (bicyclic) bond motifs is 1. The van der Waals surface area contributed by atoms with Gasteiger partial charge in [-0.15, -0.1) is 0 Å². The summed E-state index contributed by atoms with van der Waals surface area (Å²) >= 11 is 0. The molecule has 0 bridgehead atoms. The lowest BCUT2D eigenvalue weighted by atomic mass is 10.0. The van der Waals surface area contributed by atoms with E-state index in [1.165, 1.54) is 22.1 Å². The molecule has 4 rings (SSSR count). The van der Waals surface area contributed by atoms with Crippen molar-refractivity contribution in [3.8, 4) is 0 Å². The Hall–Kier alpha value is -2.97. The van der Waals surface area contributed by atoms with Crippen LogP contribution >= 0.6 is 0 Å². The number of carbonyl (C=O) groups is 1. The molecule has 8 heteroatoms. The molecule has 35 heavy (non-hydrogen) atoms. The van der Waals surface area contributed by atoms with E-state index in [1.807, 2.05) is 37.3 Å². The lowest BCUT2D eigenvalue weighted by Crippen LogP contribution is -2.38. The molecule has 2 aromatic carbocycles. The molecule has 0 unspecified atom stereocenters. The number of rotatable bonds is 7. The van der Waals surface area contributed by atoms with Crippen molar-refractivity contribution in [2.45, 2.75) is 50.5 Å². The number of hydrogen-bond acceptors (Lipinski definition) is 4. The van der Waals surface area contributed by atoms with Gasteiger partial charge in [0.05, 0.1) is 10.4 Å². The fraction of sp³-hybridized carbons (Fsp3) is 0.407. The number of aryl methyl sites for hydroxylation is 2. The lowest BCUT2D eigenvalue weighted by molar-refractivity contribution is 0.0937. The van der Waals surface area contributed by atoms with E-state index in [0.717, 1.165) is 25.7 Å². The molecule has 7 nitrogen and oxygen atoms in total. The summed E-state index contributed by atoms with van der Waals surface area (Å²) in [6.45, 7) is 4.99. The largest absolute Gasteiger partial charge is 0.350 e. The van der Waals surface area contributed by atoms with Crippen molar-refractivity contribution in [2.75, 3.05) is 13.1 Å². The number of nitrogens with zero attached hydrogens (tertiary/aromatic N) is 2. The van der Waals surface area contributed by atoms with Crippen molar-refractivity contribution in [3.63, 3.8) is 0 Å². The molecular formula is C27H33N3O4S. The first-order valence-electron chi connectivity index (χ1n) is 12.1. The van der Waals surface area contributed by atoms with E-state index in [2.05, 4.69) is 12.2 Å². The fourth-order valence-electron chi connectivity index (χ4n) is 4.57. The van der Waals surface area contributed by atoms with Gasteiger partial charge in [0.1, 0.15) is 5.56 Å². The van der Waals surface area contributed by atoms with Gasteiger partial charge in [-0.1, -0.05) is 37.3 Å². The van der Waals surface area contributed by atoms with E-state index in [0.29, 0.717) is 24.5 Å². The first-order chi connectivity index (χ1) is 16.7. The first-order valence-corrected chi connectivity index (χ1v) is 13.6. The molecular weight excluding hydrogens is 462 g/mol. The van der Waals surface area contributed by atoms with Crippen LogP contribution < -0.4 is 10.7 Å². The van der Waals surface area contributed by atoms with Crippen LogP contribution in [0, 0.1) is 5.92 Å². The van der Waals surface area contributed by atoms with E-state index in [9.17, 15) is 18.0 Å². The van der Waals surface area contributed by atoms with E-state index < -0.39 is 21.4 Å². The summed E-state index contributed by atoms with van der Waals surface area (Å²) in [7, 11) is -1.96. The highest BCUT2D eigenvalue weighted by atomic mass is 32.2. The van der Waals surface area contributed by atoms with Crippen molar-refractivity contribution >= 4 is 26.8 Å². The molecule has 0 spiro atoms. The second kappa shape index (κ2) is 10.3. The Bertz CT molecular complexity index is 1370. The SMILES string of the molecule is CC1CCN(S(=O)(=O)c2ccc3c(c2)c(=O)c(C(=O)N[C@H](C)CCc2ccccc2)cn3C)CC1. The number of nitrogens with one attached hydrogen (secondary N) is 1. The molecule has 1 saturated heterocycles. The third-order valence-electron chi connectivity index (χ3n) is 6.87. The van der Waals surface area contributed by atoms with Crippen molar-refractivity contribution in [1.29, 1.82) is 0 Å². The molecule has 1 aliphatic rings. The molecule has 1 aliphatic heterocycles. The number of sulfonamides is 1. The minimum atomic E-state index is -3.71. The number of carbonyl (C=O) groups excluding carboxylic acids is 1. The van der Waals surface area contributed by atoms with Gasteiger partial charge < -0.3 is 9.88 Å². The Kier molecular flexibility index (Phi) is 7.42. The van der Waals surface area contributed by atoms with E-state index >= 15 is 0 Å². The number of amides is 1. The maximum Gasteiger partial charge on any atom is 0.256 e. The number of aromatic nitrogens is 1. The van der Waals surface area contributed by atoms with E-state index in [4.69, 9.17) is 0 Å². The normalized spacial score (nSPS) is 16.3. The second-order valence-corrected chi connectivity index (χ2v) is 11.6. The number of pyridine rings is 1. The predicted molar refractivity (Wildman–Crippen MR) is 138 cm³/mol. The molecule has 0 aliphatic carbocycles. The smallest absolute Gasteiger partial charge is 0.256 e. The van der Waals surface area contributed by atoms with Crippen molar-refractivity contribution in [2.24, 2.45) is 13.0 Å². The minimum Gasteiger partial charge on any atom is -0.350 e. The Morgan fingerprint density at radius 3 is 2.49 bits per heavy atom. The van der Waals surface area contributed by atoms with Crippen LogP contribution in [0.5, 0.6) is 0 Å². The van der Waals surface area contributed by atoms with Crippen LogP contribution in [-0.4, -0.2) is 42.3 Å². The zero-order valence-electron chi connectivity index (χ0n) is 20.5. The topological polar surface area (TPSA) is 88.5 Å². The third-order valence-corrected chi connectivity index (χ3v) is 8.77. The Morgan fingerprint density at radius 1 is 1.11 bits per heavy atom. The van der Waals surface area contributed by atoms with Gasteiger partial charge in [-0.2, -0.15) is 4.31 Å². The number of hydrogen-bond donors (Lipinski definition) is 1. The van der Waals surface area contributed by atoms with Crippen LogP contribution in [0.25, 0.3) is 10.9 Å². The van der Waals surface area contributed by atoms with Gasteiger partial charge in [-0.3, -0.25) is 9.59 Å². The molecule has 1 aromatic heterocycles. The van der Waals surface area contributed by atoms with Crippen LogP contribution in [0.2, 0.25) is 0 Å². The molecule has 1 N–H and O–H groups in total. The van der Waals surface area contributed by atoms with Gasteiger partial charge in [0.15, 0.2) is 0 Å². The van der Waals surface area contributed by atoms with Gasteiger partial charge in [0.25, 0.3) is 5.91 Å². The molecule has 1 fully saturated rings. The highest BCUT2D eigenvalue weighted by Crippen LogP contribution is 2.25. The Morgan fingerprint density at radius 2 is 1.80 bits per heavy atom. The minimum absolute atomic E-state index is 0.00732. The maximum atomic E-state index is 13.3. The van der Waals surface area contributed by atoms with Gasteiger partial charge in [0, 0.05) is 37.8 Å². The summed E-state index contributed by atoms with van der Waals surface area (Å²) in [5, 5.41) is 3.15. The Balaban J connectivity index is 1.58. The van der Waals surface area contributed by atoms with E-state index in [1.54, 1.807) is 23.7 Å². The molecule has 0 saturated carbocycles. The average molecular weight is 496 g/mol. The molecule has 0 radical (unpaired) electrons. The average Bonchev–Trinajstić information content (AvgIpc) is 2.85. The van der Waals surface area contributed by atoms with Crippen LogP contribution in [0.4, 0.5) is 0 Å². The van der Waals surface area contributed by atoms with Crippen LogP contribution in [0.15, 0.2) is 64.4 Å². The quantitative estimate of drug-likeness (QED) is 0.541. The second-order valence-electron chi connectivity index (χ2n) is 9.65. The predicted octanol–water partition coefficient (Wildman–Crippen LogP) is 3.71. The third kappa shape index (κ3) is 5.49. The Labute approximate surface area is 206 Å². The summed E-state index contributed by atoms with van der Waals surface area (Å²) in [5.74, 6) is 0.0489. The monoisotopic (exact) mass is 495 g/mol. The molecule has 1 atom stereocenters. The highest BCUT2D eigenvalue weighted by Gasteiger charge is 2.29.